The topological polar surface area (TPSA) is 54.5 Å². The zero-order valence-electron chi connectivity index (χ0n) is 19.6. The monoisotopic (exact) mass is 483 g/mol. The van der Waals surface area contributed by atoms with Crippen molar-refractivity contribution >= 4 is 17.5 Å². The van der Waals surface area contributed by atoms with Gasteiger partial charge in [-0.1, -0.05) is 48.9 Å². The fourth-order valence-electron chi connectivity index (χ4n) is 3.67. The van der Waals surface area contributed by atoms with Crippen LogP contribution in [0.15, 0.2) is 72.9 Å². The average molecular weight is 484 g/mol. The molecule has 0 aliphatic carbocycles. The number of carbonyl (C=O) groups is 1. The van der Waals surface area contributed by atoms with Crippen LogP contribution in [0, 0.1) is 11.7 Å². The molecule has 3 rings (SSSR count). The van der Waals surface area contributed by atoms with E-state index in [1.807, 2.05) is 50.4 Å². The van der Waals surface area contributed by atoms with Gasteiger partial charge in [-0.15, -0.1) is 0 Å². The number of carbonyl (C=O) groups excluding carboxylic acids is 1. The summed E-state index contributed by atoms with van der Waals surface area (Å²) in [6.07, 6.45) is 3.12. The number of nitrogens with one attached hydrogen (secondary N) is 1. The number of halogens is 2. The predicted molar refractivity (Wildman–Crippen MR) is 133 cm³/mol. The second-order valence-electron chi connectivity index (χ2n) is 8.22. The minimum Gasteiger partial charge on any atom is -0.491 e. The van der Waals surface area contributed by atoms with Gasteiger partial charge in [0.1, 0.15) is 18.2 Å². The molecule has 2 atom stereocenters. The summed E-state index contributed by atoms with van der Waals surface area (Å²) < 4.78 is 19.2. The standard InChI is InChI=1S/C27H31ClFN3O2/c1-3-20(15-17-32(2)18-19-34-25-10-5-4-8-23(25)28)27(33)31-26(24-9-6-7-16-30-24)21-11-13-22(29)14-12-21/h4-14,16,20,26H,3,15,17-19H2,1-2H3,(H,31,33). The molecule has 0 saturated heterocycles. The molecule has 0 spiro atoms. The van der Waals surface area contributed by atoms with E-state index in [0.717, 1.165) is 18.7 Å². The first kappa shape index (κ1) is 25.7. The van der Waals surface area contributed by atoms with Gasteiger partial charge < -0.3 is 15.0 Å². The first-order valence-electron chi connectivity index (χ1n) is 11.5. The summed E-state index contributed by atoms with van der Waals surface area (Å²) in [5, 5.41) is 3.73. The Balaban J connectivity index is 1.55. The molecule has 3 aromatic rings. The van der Waals surface area contributed by atoms with Crippen LogP contribution in [0.3, 0.4) is 0 Å². The van der Waals surface area contributed by atoms with Crippen molar-refractivity contribution in [2.24, 2.45) is 5.92 Å². The minimum atomic E-state index is -0.440. The molecule has 0 radical (unpaired) electrons. The number of pyridine rings is 1. The third kappa shape index (κ3) is 7.54. The highest BCUT2D eigenvalue weighted by molar-refractivity contribution is 6.32. The van der Waals surface area contributed by atoms with Gasteiger partial charge in [0, 0.05) is 18.7 Å². The van der Waals surface area contributed by atoms with E-state index >= 15 is 0 Å². The highest BCUT2D eigenvalue weighted by Crippen LogP contribution is 2.24. The number of hydrogen-bond acceptors (Lipinski definition) is 4. The second-order valence-corrected chi connectivity index (χ2v) is 8.63. The van der Waals surface area contributed by atoms with Crippen LogP contribution in [0.25, 0.3) is 0 Å². The normalized spacial score (nSPS) is 12.9. The summed E-state index contributed by atoms with van der Waals surface area (Å²) in [4.78, 5) is 19.7. The summed E-state index contributed by atoms with van der Waals surface area (Å²) in [7, 11) is 2.01. The first-order valence-corrected chi connectivity index (χ1v) is 11.9. The molecule has 0 aliphatic heterocycles. The van der Waals surface area contributed by atoms with E-state index in [1.165, 1.54) is 12.1 Å². The van der Waals surface area contributed by atoms with E-state index < -0.39 is 6.04 Å². The van der Waals surface area contributed by atoms with Crippen molar-refractivity contribution in [1.82, 2.24) is 15.2 Å². The number of para-hydroxylation sites is 1. The van der Waals surface area contributed by atoms with E-state index in [-0.39, 0.29) is 17.6 Å². The van der Waals surface area contributed by atoms with Gasteiger partial charge in [0.25, 0.3) is 0 Å². The van der Waals surface area contributed by atoms with Crippen molar-refractivity contribution < 1.29 is 13.9 Å². The van der Waals surface area contributed by atoms with Gasteiger partial charge in [-0.2, -0.15) is 0 Å². The average Bonchev–Trinajstić information content (AvgIpc) is 2.85. The SMILES string of the molecule is CCC(CCN(C)CCOc1ccccc1Cl)C(=O)NC(c1ccc(F)cc1)c1ccccn1. The largest absolute Gasteiger partial charge is 0.491 e. The van der Waals surface area contributed by atoms with E-state index in [2.05, 4.69) is 15.2 Å². The van der Waals surface area contributed by atoms with Gasteiger partial charge in [0.2, 0.25) is 5.91 Å². The van der Waals surface area contributed by atoms with Crippen molar-refractivity contribution in [3.8, 4) is 5.75 Å². The molecule has 2 aromatic carbocycles. The lowest BCUT2D eigenvalue weighted by atomic mass is 9.98. The molecule has 1 N–H and O–H groups in total. The summed E-state index contributed by atoms with van der Waals surface area (Å²) in [5.74, 6) is 0.161. The molecule has 5 nitrogen and oxygen atoms in total. The van der Waals surface area contributed by atoms with Crippen molar-refractivity contribution in [3.63, 3.8) is 0 Å². The molecule has 1 heterocycles. The van der Waals surface area contributed by atoms with Crippen LogP contribution in [-0.2, 0) is 4.79 Å². The lowest BCUT2D eigenvalue weighted by Gasteiger charge is -2.24. The molecule has 0 fully saturated rings. The van der Waals surface area contributed by atoms with Gasteiger partial charge in [-0.3, -0.25) is 9.78 Å². The number of aromatic nitrogens is 1. The third-order valence-corrected chi connectivity index (χ3v) is 6.08. The van der Waals surface area contributed by atoms with Crippen molar-refractivity contribution in [2.45, 2.75) is 25.8 Å². The van der Waals surface area contributed by atoms with Gasteiger partial charge >= 0.3 is 0 Å². The first-order chi connectivity index (χ1) is 16.5. The Labute approximate surface area is 205 Å². The number of hydrogen-bond donors (Lipinski definition) is 1. The Bertz CT molecular complexity index is 1030. The fourth-order valence-corrected chi connectivity index (χ4v) is 3.86. The van der Waals surface area contributed by atoms with Crippen molar-refractivity contribution in [1.29, 1.82) is 0 Å². The number of rotatable bonds is 12. The number of likely N-dealkylation sites (N-methyl/N-ethyl adjacent to an activating group) is 1. The molecular formula is C27H31ClFN3O2. The number of benzene rings is 2. The van der Waals surface area contributed by atoms with Crippen LogP contribution >= 0.6 is 11.6 Å². The molecule has 34 heavy (non-hydrogen) atoms. The number of amides is 1. The van der Waals surface area contributed by atoms with Crippen LogP contribution in [-0.4, -0.2) is 42.5 Å². The van der Waals surface area contributed by atoms with Gasteiger partial charge in [-0.25, -0.2) is 4.39 Å². The van der Waals surface area contributed by atoms with Crippen molar-refractivity contribution in [3.05, 3.63) is 95.0 Å². The van der Waals surface area contributed by atoms with Crippen LogP contribution in [0.2, 0.25) is 5.02 Å². The zero-order valence-corrected chi connectivity index (χ0v) is 20.3. The van der Waals surface area contributed by atoms with Crippen LogP contribution in [0.4, 0.5) is 4.39 Å². The molecule has 1 amide bonds. The van der Waals surface area contributed by atoms with E-state index in [4.69, 9.17) is 16.3 Å². The van der Waals surface area contributed by atoms with E-state index in [9.17, 15) is 9.18 Å². The Hall–Kier alpha value is -2.96. The molecule has 0 bridgehead atoms. The van der Waals surface area contributed by atoms with Crippen LogP contribution in [0.5, 0.6) is 5.75 Å². The fraction of sp³-hybridized carbons (Fsp3) is 0.333. The Kier molecular flexibility index (Phi) is 9.86. The van der Waals surface area contributed by atoms with Crippen LogP contribution in [0.1, 0.15) is 37.1 Å². The highest BCUT2D eigenvalue weighted by atomic mass is 35.5. The van der Waals surface area contributed by atoms with Gasteiger partial charge in [0.05, 0.1) is 16.8 Å². The summed E-state index contributed by atoms with van der Waals surface area (Å²) >= 11 is 6.13. The van der Waals surface area contributed by atoms with E-state index in [0.29, 0.717) is 35.9 Å². The zero-order chi connectivity index (χ0) is 24.3. The molecule has 1 aromatic heterocycles. The molecule has 0 saturated carbocycles. The quantitative estimate of drug-likeness (QED) is 0.369. The minimum absolute atomic E-state index is 0.0387. The van der Waals surface area contributed by atoms with E-state index in [1.54, 1.807) is 24.4 Å². The molecule has 2 unspecified atom stereocenters. The Morgan fingerprint density at radius 1 is 1.09 bits per heavy atom. The second kappa shape index (κ2) is 13.1. The maximum absolute atomic E-state index is 13.5. The Morgan fingerprint density at radius 3 is 2.50 bits per heavy atom. The Morgan fingerprint density at radius 2 is 1.82 bits per heavy atom. The third-order valence-electron chi connectivity index (χ3n) is 5.76. The summed E-state index contributed by atoms with van der Waals surface area (Å²) in [5.41, 5.74) is 1.50. The van der Waals surface area contributed by atoms with Gasteiger partial charge in [-0.05, 0) is 68.4 Å². The summed E-state index contributed by atoms with van der Waals surface area (Å²) in [6.45, 7) is 3.99. The lowest BCUT2D eigenvalue weighted by molar-refractivity contribution is -0.126. The molecular weight excluding hydrogens is 453 g/mol. The van der Waals surface area contributed by atoms with Crippen molar-refractivity contribution in [2.75, 3.05) is 26.7 Å². The lowest BCUT2D eigenvalue weighted by Crippen LogP contribution is -2.36. The molecule has 180 valence electrons. The number of nitrogens with zero attached hydrogens (tertiary/aromatic N) is 2. The van der Waals surface area contributed by atoms with Crippen LogP contribution < -0.4 is 10.1 Å². The summed E-state index contributed by atoms with van der Waals surface area (Å²) in [6, 6.07) is 18.7. The maximum Gasteiger partial charge on any atom is 0.223 e. The smallest absolute Gasteiger partial charge is 0.223 e. The molecule has 7 heteroatoms. The highest BCUT2D eigenvalue weighted by Gasteiger charge is 2.23. The molecule has 0 aliphatic rings. The number of ether oxygens (including phenoxy) is 1. The predicted octanol–water partition coefficient (Wildman–Crippen LogP) is 5.51. The van der Waals surface area contributed by atoms with Gasteiger partial charge in [0.15, 0.2) is 0 Å². The maximum atomic E-state index is 13.5.